The molecule has 40 heavy (non-hydrogen) atoms. The molecule has 0 saturated carbocycles. The number of nitrogen functional groups attached to an aromatic ring is 1. The highest BCUT2D eigenvalue weighted by atomic mass is 16.6. The summed E-state index contributed by atoms with van der Waals surface area (Å²) in [5.74, 6) is 0.0963. The lowest BCUT2D eigenvalue weighted by molar-refractivity contribution is 0.0948. The number of nitrogens with zero attached hydrogens (tertiary/aromatic N) is 6. The average Bonchev–Trinajstić information content (AvgIpc) is 3.63. The van der Waals surface area contributed by atoms with E-state index in [9.17, 15) is 4.79 Å². The van der Waals surface area contributed by atoms with Crippen molar-refractivity contribution in [2.45, 2.75) is 6.61 Å². The Morgan fingerprint density at radius 2 is 1.77 bits per heavy atom. The van der Waals surface area contributed by atoms with Gasteiger partial charge in [-0.25, -0.2) is 10.1 Å². The van der Waals surface area contributed by atoms with Crippen molar-refractivity contribution in [1.29, 1.82) is 0 Å². The van der Waals surface area contributed by atoms with E-state index in [-0.39, 0.29) is 17.3 Å². The van der Waals surface area contributed by atoms with E-state index in [0.717, 1.165) is 21.9 Å². The summed E-state index contributed by atoms with van der Waals surface area (Å²) in [6.45, 7) is 0.415. The minimum absolute atomic E-state index is 0.0395. The molecule has 0 aliphatic heterocycles. The van der Waals surface area contributed by atoms with Crippen LogP contribution in [0.1, 0.15) is 21.6 Å². The summed E-state index contributed by atoms with van der Waals surface area (Å²) in [5, 5.41) is 22.0. The lowest BCUT2D eigenvalue weighted by Crippen LogP contribution is -2.22. The molecule has 0 fully saturated rings. The van der Waals surface area contributed by atoms with Gasteiger partial charge in [0.1, 0.15) is 18.1 Å². The first-order valence-electron chi connectivity index (χ1n) is 12.3. The normalized spacial score (nSPS) is 11.2. The number of nitrogens with two attached hydrogens (primary N) is 1. The number of hydrogen-bond acceptors (Lipinski definition) is 9. The summed E-state index contributed by atoms with van der Waals surface area (Å²) in [7, 11) is 0. The first-order valence-corrected chi connectivity index (χ1v) is 12.3. The molecule has 2 heterocycles. The highest BCUT2D eigenvalue weighted by Gasteiger charge is 2.25. The minimum Gasteiger partial charge on any atom is -0.489 e. The van der Waals surface area contributed by atoms with E-state index < -0.39 is 5.91 Å². The molecular weight excluding hydrogens is 508 g/mol. The topological polar surface area (TPSA) is 146 Å². The van der Waals surface area contributed by atoms with Crippen LogP contribution in [0.5, 0.6) is 5.75 Å². The van der Waals surface area contributed by atoms with E-state index in [2.05, 4.69) is 60.0 Å². The number of aromatic nitrogens is 5. The molecule has 6 rings (SSSR count). The molecule has 0 bridgehead atoms. The van der Waals surface area contributed by atoms with E-state index >= 15 is 0 Å². The Balaban J connectivity index is 1.19. The first kappa shape index (κ1) is 24.5. The number of nitrogens with one attached hydrogen (secondary N) is 1. The van der Waals surface area contributed by atoms with Gasteiger partial charge in [0.2, 0.25) is 11.6 Å². The second kappa shape index (κ2) is 10.9. The zero-order chi connectivity index (χ0) is 27.3. The molecule has 0 aliphatic rings. The molecule has 11 nitrogen and oxygen atoms in total. The van der Waals surface area contributed by atoms with E-state index in [1.807, 2.05) is 72.8 Å². The van der Waals surface area contributed by atoms with Crippen molar-refractivity contribution in [3.8, 4) is 22.8 Å². The Bertz CT molecular complexity index is 1820. The van der Waals surface area contributed by atoms with Crippen LogP contribution in [-0.4, -0.2) is 37.4 Å². The van der Waals surface area contributed by atoms with Crippen LogP contribution in [0.15, 0.2) is 107 Å². The van der Waals surface area contributed by atoms with Gasteiger partial charge in [-0.2, -0.15) is 9.78 Å². The van der Waals surface area contributed by atoms with Crippen molar-refractivity contribution in [3.63, 3.8) is 0 Å². The maximum absolute atomic E-state index is 13.3. The maximum atomic E-state index is 13.3. The number of hydrogen-bond donors (Lipinski definition) is 2. The Labute approximate surface area is 227 Å². The molecule has 1 amide bonds. The Kier molecular flexibility index (Phi) is 6.66. The van der Waals surface area contributed by atoms with Gasteiger partial charge < -0.3 is 10.5 Å². The minimum atomic E-state index is -0.578. The molecule has 0 spiro atoms. The number of hydrazone groups is 1. The largest absolute Gasteiger partial charge is 0.489 e. The zero-order valence-corrected chi connectivity index (χ0v) is 21.0. The number of fused-ring (bicyclic) bond motifs is 1. The fourth-order valence-corrected chi connectivity index (χ4v) is 4.24. The van der Waals surface area contributed by atoms with Crippen molar-refractivity contribution >= 4 is 28.7 Å². The third-order valence-electron chi connectivity index (χ3n) is 6.14. The number of amides is 1. The van der Waals surface area contributed by atoms with Gasteiger partial charge in [-0.3, -0.25) is 4.79 Å². The predicted molar refractivity (Wildman–Crippen MR) is 149 cm³/mol. The molecule has 0 aliphatic carbocycles. The highest BCUT2D eigenvalue weighted by Crippen LogP contribution is 2.24. The first-order chi connectivity index (χ1) is 19.7. The molecule has 2 aromatic heterocycles. The van der Waals surface area contributed by atoms with Crippen molar-refractivity contribution in [2.24, 2.45) is 5.10 Å². The lowest BCUT2D eigenvalue weighted by atomic mass is 10.1. The third-order valence-corrected chi connectivity index (χ3v) is 6.14. The molecule has 0 unspecified atom stereocenters. The summed E-state index contributed by atoms with van der Waals surface area (Å²) >= 11 is 0. The van der Waals surface area contributed by atoms with Crippen molar-refractivity contribution in [1.82, 2.24) is 30.7 Å². The van der Waals surface area contributed by atoms with E-state index in [0.29, 0.717) is 23.6 Å². The monoisotopic (exact) mass is 530 g/mol. The van der Waals surface area contributed by atoms with Gasteiger partial charge in [-0.05, 0) is 44.3 Å². The smallest absolute Gasteiger partial charge is 0.292 e. The van der Waals surface area contributed by atoms with E-state index in [1.165, 1.54) is 10.9 Å². The molecule has 0 saturated heterocycles. The molecule has 11 heteroatoms. The third kappa shape index (κ3) is 4.98. The Morgan fingerprint density at radius 3 is 2.62 bits per heavy atom. The zero-order valence-electron chi connectivity index (χ0n) is 21.0. The van der Waals surface area contributed by atoms with Gasteiger partial charge >= 0.3 is 0 Å². The molecule has 3 N–H and O–H groups in total. The van der Waals surface area contributed by atoms with Crippen LogP contribution in [0.4, 0.5) is 5.82 Å². The van der Waals surface area contributed by atoms with Crippen molar-refractivity contribution in [2.75, 3.05) is 5.73 Å². The summed E-state index contributed by atoms with van der Waals surface area (Å²) in [6, 6.07) is 30.9. The Hall–Kier alpha value is -5.84. The van der Waals surface area contributed by atoms with E-state index in [1.54, 1.807) is 0 Å². The summed E-state index contributed by atoms with van der Waals surface area (Å²) in [4.78, 5) is 13.3. The van der Waals surface area contributed by atoms with Crippen LogP contribution in [-0.2, 0) is 6.61 Å². The fourth-order valence-electron chi connectivity index (χ4n) is 4.24. The summed E-state index contributed by atoms with van der Waals surface area (Å²) in [5.41, 5.74) is 11.3. The van der Waals surface area contributed by atoms with Crippen molar-refractivity contribution in [3.05, 3.63) is 114 Å². The Morgan fingerprint density at radius 1 is 0.975 bits per heavy atom. The number of benzene rings is 4. The standard InChI is InChI=1S/C29H22N8O3/c30-27-28(35-40-34-27)37-26(25(32-36-37)21-10-2-1-3-11-21)29(38)33-31-17-19-8-6-14-23(16-19)39-18-22-13-7-12-20-9-4-5-15-24(20)22/h1-17H,18H2,(H2,30,34)(H,33,38). The highest BCUT2D eigenvalue weighted by molar-refractivity contribution is 5.99. The number of carbonyl (C=O) groups excluding carboxylic acids is 1. The van der Waals surface area contributed by atoms with Gasteiger partial charge in [0.05, 0.1) is 6.21 Å². The second-order valence-electron chi connectivity index (χ2n) is 8.74. The maximum Gasteiger partial charge on any atom is 0.292 e. The van der Waals surface area contributed by atoms with Gasteiger partial charge in [0.25, 0.3) is 5.91 Å². The fraction of sp³-hybridized carbons (Fsp3) is 0.0345. The molecule has 6 aromatic rings. The average molecular weight is 531 g/mol. The van der Waals surface area contributed by atoms with Crippen LogP contribution in [0, 0.1) is 0 Å². The predicted octanol–water partition coefficient (Wildman–Crippen LogP) is 4.40. The van der Waals surface area contributed by atoms with Gasteiger partial charge in [0.15, 0.2) is 5.69 Å². The van der Waals surface area contributed by atoms with Crippen LogP contribution < -0.4 is 15.9 Å². The number of carbonyl (C=O) groups is 1. The second-order valence-corrected chi connectivity index (χ2v) is 8.74. The SMILES string of the molecule is Nc1nonc1-n1nnc(-c2ccccc2)c1C(=O)NN=Cc1cccc(OCc2cccc3ccccc23)c1. The number of ether oxygens (including phenoxy) is 1. The molecular formula is C29H22N8O3. The quantitative estimate of drug-likeness (QED) is 0.218. The summed E-state index contributed by atoms with van der Waals surface area (Å²) in [6.07, 6.45) is 1.52. The lowest BCUT2D eigenvalue weighted by Gasteiger charge is -2.09. The molecule has 196 valence electrons. The van der Waals surface area contributed by atoms with Gasteiger partial charge in [-0.15, -0.1) is 5.10 Å². The molecule has 0 radical (unpaired) electrons. The van der Waals surface area contributed by atoms with Crippen LogP contribution in [0.2, 0.25) is 0 Å². The van der Waals surface area contributed by atoms with Crippen LogP contribution >= 0.6 is 0 Å². The van der Waals surface area contributed by atoms with Gasteiger partial charge in [-0.1, -0.05) is 90.1 Å². The van der Waals surface area contributed by atoms with Crippen LogP contribution in [0.3, 0.4) is 0 Å². The van der Waals surface area contributed by atoms with E-state index in [4.69, 9.17) is 10.5 Å². The molecule has 0 atom stereocenters. The number of rotatable bonds is 8. The summed E-state index contributed by atoms with van der Waals surface area (Å²) < 4.78 is 11.9. The molecule has 4 aromatic carbocycles. The van der Waals surface area contributed by atoms with Gasteiger partial charge in [0, 0.05) is 5.56 Å². The van der Waals surface area contributed by atoms with Crippen LogP contribution in [0.25, 0.3) is 27.8 Å². The number of anilines is 1. The van der Waals surface area contributed by atoms with Crippen molar-refractivity contribution < 1.29 is 14.2 Å².